The molecule has 2 heterocycles. The molecule has 1 fully saturated rings. The van der Waals surface area contributed by atoms with E-state index in [1.807, 2.05) is 6.08 Å². The van der Waals surface area contributed by atoms with Crippen LogP contribution in [0.3, 0.4) is 0 Å². The van der Waals surface area contributed by atoms with Gasteiger partial charge in [0.05, 0.1) is 0 Å². The van der Waals surface area contributed by atoms with E-state index in [9.17, 15) is 14.7 Å². The van der Waals surface area contributed by atoms with Crippen molar-refractivity contribution in [3.05, 3.63) is 12.2 Å². The van der Waals surface area contributed by atoms with E-state index in [0.717, 1.165) is 32.1 Å². The van der Waals surface area contributed by atoms with Crippen LogP contribution in [0.2, 0.25) is 0 Å². The number of carboxylic acid groups (broad SMARTS) is 1. The van der Waals surface area contributed by atoms with Gasteiger partial charge in [-0.2, -0.15) is 0 Å². The van der Waals surface area contributed by atoms with Gasteiger partial charge >= 0.3 is 12.0 Å². The average Bonchev–Trinajstić information content (AvgIpc) is 2.38. The van der Waals surface area contributed by atoms with Crippen LogP contribution in [-0.2, 0) is 4.79 Å². The predicted molar refractivity (Wildman–Crippen MR) is 71.9 cm³/mol. The number of urea groups is 1. The molecular weight excluding hydrogens is 244 g/mol. The number of nitrogens with zero attached hydrogens (tertiary/aromatic N) is 2. The van der Waals surface area contributed by atoms with E-state index >= 15 is 0 Å². The van der Waals surface area contributed by atoms with Crippen LogP contribution in [0.15, 0.2) is 12.2 Å². The van der Waals surface area contributed by atoms with E-state index in [-0.39, 0.29) is 6.03 Å². The Morgan fingerprint density at radius 2 is 1.84 bits per heavy atom. The number of hydrogen-bond donors (Lipinski definition) is 1. The molecule has 0 saturated carbocycles. The Balaban J connectivity index is 2.09. The number of likely N-dealkylation sites (tertiary alicyclic amines) is 1. The third kappa shape index (κ3) is 3.49. The summed E-state index contributed by atoms with van der Waals surface area (Å²) in [5.74, 6) is -0.872. The van der Waals surface area contributed by atoms with Gasteiger partial charge in [-0.15, -0.1) is 0 Å². The molecule has 0 aliphatic carbocycles. The molecule has 0 spiro atoms. The normalized spacial score (nSPS) is 24.7. The highest BCUT2D eigenvalue weighted by Crippen LogP contribution is 2.19. The van der Waals surface area contributed by atoms with Crippen molar-refractivity contribution in [3.63, 3.8) is 0 Å². The molecule has 1 saturated heterocycles. The van der Waals surface area contributed by atoms with Crippen LogP contribution in [0, 0.1) is 0 Å². The van der Waals surface area contributed by atoms with E-state index < -0.39 is 12.0 Å². The molecule has 0 bridgehead atoms. The van der Waals surface area contributed by atoms with Gasteiger partial charge in [0.1, 0.15) is 6.04 Å². The summed E-state index contributed by atoms with van der Waals surface area (Å²) in [7, 11) is 0. The van der Waals surface area contributed by atoms with Crippen LogP contribution >= 0.6 is 0 Å². The Labute approximate surface area is 113 Å². The van der Waals surface area contributed by atoms with Crippen molar-refractivity contribution >= 4 is 12.0 Å². The molecule has 106 valence electrons. The molecule has 1 N–H and O–H groups in total. The highest BCUT2D eigenvalue weighted by atomic mass is 16.4. The van der Waals surface area contributed by atoms with Crippen LogP contribution < -0.4 is 0 Å². The number of carbonyl (C=O) groups excluding carboxylic acids is 1. The first kappa shape index (κ1) is 13.9. The van der Waals surface area contributed by atoms with Gasteiger partial charge in [0, 0.05) is 19.6 Å². The summed E-state index contributed by atoms with van der Waals surface area (Å²) < 4.78 is 0. The largest absolute Gasteiger partial charge is 0.480 e. The summed E-state index contributed by atoms with van der Waals surface area (Å²) >= 11 is 0. The Bertz CT molecular complexity index is 368. The number of carboxylic acids is 1. The van der Waals surface area contributed by atoms with Gasteiger partial charge in [-0.05, 0) is 19.3 Å². The fourth-order valence-electron chi connectivity index (χ4n) is 2.77. The molecule has 0 radical (unpaired) electrons. The van der Waals surface area contributed by atoms with Gasteiger partial charge in [0.15, 0.2) is 0 Å². The predicted octanol–water partition coefficient (Wildman–Crippen LogP) is 2.09. The zero-order valence-corrected chi connectivity index (χ0v) is 11.3. The maximum absolute atomic E-state index is 12.5. The van der Waals surface area contributed by atoms with Crippen LogP contribution in [0.4, 0.5) is 4.79 Å². The molecule has 2 amide bonds. The molecule has 19 heavy (non-hydrogen) atoms. The summed E-state index contributed by atoms with van der Waals surface area (Å²) in [4.78, 5) is 27.2. The standard InChI is InChI=1S/C14H22N2O3/c17-13(18)12-8-4-1-2-7-11-16(12)14(19)15-9-5-3-6-10-15/h3,5,12H,1-2,4,6-11H2,(H,17,18). The minimum Gasteiger partial charge on any atom is -0.480 e. The number of carbonyl (C=O) groups is 2. The van der Waals surface area contributed by atoms with E-state index in [1.54, 1.807) is 9.80 Å². The lowest BCUT2D eigenvalue weighted by atomic mass is 10.0. The lowest BCUT2D eigenvalue weighted by Gasteiger charge is -2.35. The van der Waals surface area contributed by atoms with Crippen LogP contribution in [0.5, 0.6) is 0 Å². The van der Waals surface area contributed by atoms with E-state index in [4.69, 9.17) is 0 Å². The van der Waals surface area contributed by atoms with Crippen molar-refractivity contribution in [2.24, 2.45) is 0 Å². The molecule has 1 unspecified atom stereocenters. The molecule has 0 aromatic heterocycles. The smallest absolute Gasteiger partial charge is 0.326 e. The third-order valence-corrected chi connectivity index (χ3v) is 3.86. The maximum Gasteiger partial charge on any atom is 0.326 e. The van der Waals surface area contributed by atoms with Gasteiger partial charge in [-0.1, -0.05) is 31.4 Å². The van der Waals surface area contributed by atoms with Crippen molar-refractivity contribution in [1.29, 1.82) is 0 Å². The first-order valence-electron chi connectivity index (χ1n) is 7.13. The lowest BCUT2D eigenvalue weighted by molar-refractivity contribution is -0.142. The second-order valence-electron chi connectivity index (χ2n) is 5.24. The van der Waals surface area contributed by atoms with Gasteiger partial charge in [-0.3, -0.25) is 0 Å². The van der Waals surface area contributed by atoms with Gasteiger partial charge < -0.3 is 14.9 Å². The molecule has 5 heteroatoms. The highest BCUT2D eigenvalue weighted by Gasteiger charge is 2.32. The monoisotopic (exact) mass is 266 g/mol. The average molecular weight is 266 g/mol. The summed E-state index contributed by atoms with van der Waals surface area (Å²) in [5, 5.41) is 9.35. The van der Waals surface area contributed by atoms with Crippen LogP contribution in [0.1, 0.15) is 38.5 Å². The second kappa shape index (κ2) is 6.59. The second-order valence-corrected chi connectivity index (χ2v) is 5.24. The zero-order valence-electron chi connectivity index (χ0n) is 11.3. The summed E-state index contributed by atoms with van der Waals surface area (Å²) in [6.45, 7) is 1.86. The summed E-state index contributed by atoms with van der Waals surface area (Å²) in [6, 6.07) is -0.766. The zero-order chi connectivity index (χ0) is 13.7. The van der Waals surface area contributed by atoms with Gasteiger partial charge in [0.2, 0.25) is 0 Å². The molecule has 1 atom stereocenters. The molecule has 0 aromatic rings. The van der Waals surface area contributed by atoms with Crippen molar-refractivity contribution < 1.29 is 14.7 Å². The van der Waals surface area contributed by atoms with E-state index in [2.05, 4.69) is 6.08 Å². The van der Waals surface area contributed by atoms with Crippen molar-refractivity contribution in [3.8, 4) is 0 Å². The van der Waals surface area contributed by atoms with Crippen LogP contribution in [-0.4, -0.2) is 52.6 Å². The molecular formula is C14H22N2O3. The summed E-state index contributed by atoms with van der Waals surface area (Å²) in [5.41, 5.74) is 0. The van der Waals surface area contributed by atoms with Gasteiger partial charge in [0.25, 0.3) is 0 Å². The van der Waals surface area contributed by atoms with Crippen molar-refractivity contribution in [2.75, 3.05) is 19.6 Å². The fraction of sp³-hybridized carbons (Fsp3) is 0.714. The molecule has 5 nitrogen and oxygen atoms in total. The molecule has 0 aromatic carbocycles. The van der Waals surface area contributed by atoms with E-state index in [1.165, 1.54) is 0 Å². The Kier molecular flexibility index (Phi) is 4.82. The third-order valence-electron chi connectivity index (χ3n) is 3.86. The first-order valence-corrected chi connectivity index (χ1v) is 7.13. The Morgan fingerprint density at radius 3 is 2.53 bits per heavy atom. The number of aliphatic carboxylic acids is 1. The summed E-state index contributed by atoms with van der Waals surface area (Å²) in [6.07, 6.45) is 9.41. The van der Waals surface area contributed by atoms with Crippen molar-refractivity contribution in [2.45, 2.75) is 44.6 Å². The Hall–Kier alpha value is -1.52. The number of amides is 2. The fourth-order valence-corrected chi connectivity index (χ4v) is 2.77. The topological polar surface area (TPSA) is 60.9 Å². The minimum absolute atomic E-state index is 0.112. The highest BCUT2D eigenvalue weighted by molar-refractivity contribution is 5.83. The molecule has 2 aliphatic heterocycles. The quantitative estimate of drug-likeness (QED) is 0.739. The number of hydrogen-bond acceptors (Lipinski definition) is 2. The van der Waals surface area contributed by atoms with Crippen molar-refractivity contribution in [1.82, 2.24) is 9.80 Å². The molecule has 2 rings (SSSR count). The number of rotatable bonds is 1. The Morgan fingerprint density at radius 1 is 1.05 bits per heavy atom. The van der Waals surface area contributed by atoms with E-state index in [0.29, 0.717) is 26.1 Å². The lowest BCUT2D eigenvalue weighted by Crippen LogP contribution is -2.52. The first-order chi connectivity index (χ1) is 9.20. The minimum atomic E-state index is -0.872. The van der Waals surface area contributed by atoms with Crippen LogP contribution in [0.25, 0.3) is 0 Å². The SMILES string of the molecule is O=C(O)C1CCCCCCN1C(=O)N1CC=CCC1. The molecule has 2 aliphatic rings. The maximum atomic E-state index is 12.5. The van der Waals surface area contributed by atoms with Gasteiger partial charge in [-0.25, -0.2) is 9.59 Å².